The lowest BCUT2D eigenvalue weighted by Gasteiger charge is -2.14. The molecule has 0 aromatic rings. The molecule has 0 unspecified atom stereocenters. The van der Waals surface area contributed by atoms with Crippen molar-refractivity contribution in [3.8, 4) is 0 Å². The summed E-state index contributed by atoms with van der Waals surface area (Å²) in [7, 11) is 0. The van der Waals surface area contributed by atoms with Gasteiger partial charge in [0, 0.05) is 18.7 Å². The van der Waals surface area contributed by atoms with E-state index in [1.807, 2.05) is 0 Å². The van der Waals surface area contributed by atoms with Gasteiger partial charge in [0.15, 0.2) is 0 Å². The van der Waals surface area contributed by atoms with E-state index in [1.54, 1.807) is 16.7 Å². The fourth-order valence-electron chi connectivity index (χ4n) is 3.40. The van der Waals surface area contributed by atoms with Gasteiger partial charge in [-0.2, -0.15) is 0 Å². The molecule has 2 nitrogen and oxygen atoms in total. The van der Waals surface area contributed by atoms with E-state index >= 15 is 0 Å². The third-order valence-corrected chi connectivity index (χ3v) is 6.48. The summed E-state index contributed by atoms with van der Waals surface area (Å²) in [6, 6.07) is 0. The van der Waals surface area contributed by atoms with Crippen LogP contribution in [0.4, 0.5) is 0 Å². The van der Waals surface area contributed by atoms with Gasteiger partial charge in [-0.25, -0.2) is 0 Å². The highest BCUT2D eigenvalue weighted by molar-refractivity contribution is 8.23. The van der Waals surface area contributed by atoms with E-state index in [-0.39, 0.29) is 5.91 Å². The second kappa shape index (κ2) is 16.1. The molecule has 0 atom stereocenters. The molecule has 0 spiro atoms. The third-order valence-electron chi connectivity index (χ3n) is 5.06. The molecular weight excluding hydrogens is 346 g/mol. The van der Waals surface area contributed by atoms with Crippen LogP contribution in [0.2, 0.25) is 0 Å². The van der Waals surface area contributed by atoms with Crippen molar-refractivity contribution < 1.29 is 4.79 Å². The van der Waals surface area contributed by atoms with E-state index in [4.69, 9.17) is 12.2 Å². The van der Waals surface area contributed by atoms with Gasteiger partial charge in [0.25, 0.3) is 0 Å². The van der Waals surface area contributed by atoms with Gasteiger partial charge in [-0.05, 0) is 6.42 Å². The number of nitrogens with zero attached hydrogens (tertiary/aromatic N) is 1. The molecule has 0 aromatic heterocycles. The summed E-state index contributed by atoms with van der Waals surface area (Å²) in [6.07, 6.45) is 21.1. The van der Waals surface area contributed by atoms with Crippen LogP contribution >= 0.6 is 24.0 Å². The minimum absolute atomic E-state index is 0.240. The van der Waals surface area contributed by atoms with Crippen LogP contribution in [0.25, 0.3) is 0 Å². The van der Waals surface area contributed by atoms with E-state index in [2.05, 4.69) is 6.92 Å². The van der Waals surface area contributed by atoms with Crippen LogP contribution in [-0.2, 0) is 4.79 Å². The van der Waals surface area contributed by atoms with Gasteiger partial charge >= 0.3 is 0 Å². The molecule has 1 aliphatic rings. The molecule has 1 aliphatic heterocycles. The molecular formula is C21H39NOS2. The van der Waals surface area contributed by atoms with E-state index in [0.29, 0.717) is 6.42 Å². The van der Waals surface area contributed by atoms with Crippen LogP contribution in [0, 0.1) is 0 Å². The molecule has 146 valence electrons. The van der Waals surface area contributed by atoms with Crippen LogP contribution < -0.4 is 0 Å². The van der Waals surface area contributed by atoms with Crippen LogP contribution in [0.5, 0.6) is 0 Å². The van der Waals surface area contributed by atoms with Crippen molar-refractivity contribution in [2.75, 3.05) is 12.3 Å². The van der Waals surface area contributed by atoms with Crippen LogP contribution in [0.15, 0.2) is 0 Å². The molecule has 0 N–H and O–H groups in total. The zero-order valence-corrected chi connectivity index (χ0v) is 18.0. The predicted octanol–water partition coefficient (Wildman–Crippen LogP) is 7.11. The van der Waals surface area contributed by atoms with E-state index < -0.39 is 0 Å². The Bertz CT molecular complexity index is 360. The van der Waals surface area contributed by atoms with E-state index in [0.717, 1.165) is 23.0 Å². The minimum atomic E-state index is 0.240. The lowest BCUT2D eigenvalue weighted by Crippen LogP contribution is -2.30. The first kappa shape index (κ1) is 23.0. The molecule has 1 rings (SSSR count). The minimum Gasteiger partial charge on any atom is -0.297 e. The summed E-state index contributed by atoms with van der Waals surface area (Å²) in [5.74, 6) is 1.22. The Morgan fingerprint density at radius 1 is 0.840 bits per heavy atom. The quantitative estimate of drug-likeness (QED) is 0.208. The average Bonchev–Trinajstić information content (AvgIpc) is 3.04. The first-order valence-corrected chi connectivity index (χ1v) is 12.1. The van der Waals surface area contributed by atoms with Gasteiger partial charge in [0.05, 0.1) is 0 Å². The molecule has 25 heavy (non-hydrogen) atoms. The van der Waals surface area contributed by atoms with Crippen molar-refractivity contribution in [1.29, 1.82) is 0 Å². The predicted molar refractivity (Wildman–Crippen MR) is 116 cm³/mol. The highest BCUT2D eigenvalue weighted by atomic mass is 32.2. The zero-order chi connectivity index (χ0) is 18.2. The molecule has 1 fully saturated rings. The second-order valence-electron chi connectivity index (χ2n) is 7.36. The van der Waals surface area contributed by atoms with Gasteiger partial charge in [-0.1, -0.05) is 121 Å². The van der Waals surface area contributed by atoms with Crippen molar-refractivity contribution in [2.45, 2.75) is 110 Å². The lowest BCUT2D eigenvalue weighted by molar-refractivity contribution is -0.126. The summed E-state index contributed by atoms with van der Waals surface area (Å²) in [5, 5.41) is 0. The van der Waals surface area contributed by atoms with Crippen LogP contribution in [-0.4, -0.2) is 27.4 Å². The first-order chi connectivity index (χ1) is 12.3. The van der Waals surface area contributed by atoms with Crippen molar-refractivity contribution in [3.63, 3.8) is 0 Å². The maximum absolute atomic E-state index is 12.0. The van der Waals surface area contributed by atoms with Crippen LogP contribution in [0.3, 0.4) is 0 Å². The maximum Gasteiger partial charge on any atom is 0.228 e. The molecule has 0 bridgehead atoms. The topological polar surface area (TPSA) is 20.3 Å². The number of hydrogen-bond donors (Lipinski definition) is 0. The Hall–Kier alpha value is -0.0900. The van der Waals surface area contributed by atoms with Crippen molar-refractivity contribution >= 4 is 34.2 Å². The fraction of sp³-hybridized carbons (Fsp3) is 0.905. The average molecular weight is 386 g/mol. The molecule has 1 saturated heterocycles. The van der Waals surface area contributed by atoms with Crippen molar-refractivity contribution in [1.82, 2.24) is 4.90 Å². The highest BCUT2D eigenvalue weighted by Gasteiger charge is 2.23. The molecule has 0 saturated carbocycles. The Kier molecular flexibility index (Phi) is 14.8. The number of carbonyl (C=O) groups is 1. The van der Waals surface area contributed by atoms with E-state index in [9.17, 15) is 4.79 Å². The molecule has 4 heteroatoms. The summed E-state index contributed by atoms with van der Waals surface area (Å²) >= 11 is 6.83. The molecule has 1 amide bonds. The SMILES string of the molecule is CCCCCCCCCCCCCCCCCC(=O)N1CCSC1=S. The van der Waals surface area contributed by atoms with E-state index in [1.165, 1.54) is 89.9 Å². The number of carbonyl (C=O) groups excluding carboxylic acids is 1. The standard InChI is InChI=1S/C21H39NOS2/c1-2-3-4-5-6-7-8-9-10-11-12-13-14-15-16-17-20(23)22-18-19-25-21(22)24/h2-19H2,1H3. The number of amides is 1. The van der Waals surface area contributed by atoms with Gasteiger partial charge in [0.2, 0.25) is 5.91 Å². The third kappa shape index (κ3) is 12.0. The molecule has 0 aliphatic carbocycles. The zero-order valence-electron chi connectivity index (χ0n) is 16.4. The van der Waals surface area contributed by atoms with Gasteiger partial charge in [0.1, 0.15) is 4.32 Å². The number of thioether (sulfide) groups is 1. The molecule has 0 radical (unpaired) electrons. The normalized spacial score (nSPS) is 14.4. The van der Waals surface area contributed by atoms with Crippen molar-refractivity contribution in [2.24, 2.45) is 0 Å². The highest BCUT2D eigenvalue weighted by Crippen LogP contribution is 2.20. The Balaban J connectivity index is 1.76. The van der Waals surface area contributed by atoms with Crippen molar-refractivity contribution in [3.05, 3.63) is 0 Å². The first-order valence-electron chi connectivity index (χ1n) is 10.7. The summed E-state index contributed by atoms with van der Waals surface area (Å²) < 4.78 is 0.783. The maximum atomic E-state index is 12.0. The Morgan fingerprint density at radius 2 is 1.28 bits per heavy atom. The summed E-state index contributed by atoms with van der Waals surface area (Å²) in [4.78, 5) is 13.8. The fourth-order valence-corrected chi connectivity index (χ4v) is 4.64. The van der Waals surface area contributed by atoms with Gasteiger partial charge in [-0.3, -0.25) is 9.69 Å². The monoisotopic (exact) mass is 385 g/mol. The summed E-state index contributed by atoms with van der Waals surface area (Å²) in [6.45, 7) is 3.10. The Labute approximate surface area is 165 Å². The lowest BCUT2D eigenvalue weighted by atomic mass is 10.0. The number of hydrogen-bond acceptors (Lipinski definition) is 3. The largest absolute Gasteiger partial charge is 0.297 e. The van der Waals surface area contributed by atoms with Gasteiger partial charge < -0.3 is 0 Å². The summed E-state index contributed by atoms with van der Waals surface area (Å²) in [5.41, 5.74) is 0. The number of thiocarbonyl (C=S) groups is 1. The van der Waals surface area contributed by atoms with Gasteiger partial charge in [-0.15, -0.1) is 0 Å². The smallest absolute Gasteiger partial charge is 0.228 e. The second-order valence-corrected chi connectivity index (χ2v) is 9.09. The number of unbranched alkanes of at least 4 members (excludes halogenated alkanes) is 14. The Morgan fingerprint density at radius 3 is 1.68 bits per heavy atom. The number of rotatable bonds is 16. The molecule has 0 aromatic carbocycles. The molecule has 1 heterocycles. The van der Waals surface area contributed by atoms with Crippen LogP contribution in [0.1, 0.15) is 110 Å².